The monoisotopic (exact) mass is 296 g/mol. The lowest BCUT2D eigenvalue weighted by atomic mass is 10.0. The number of amides is 2. The molecule has 0 aliphatic carbocycles. The Hall–Kier alpha value is -1.26. The van der Waals surface area contributed by atoms with Gasteiger partial charge in [-0.3, -0.25) is 0 Å². The highest BCUT2D eigenvalue weighted by molar-refractivity contribution is 6.30. The van der Waals surface area contributed by atoms with E-state index in [4.69, 9.17) is 16.3 Å². The Morgan fingerprint density at radius 1 is 1.45 bits per heavy atom. The van der Waals surface area contributed by atoms with Crippen LogP contribution in [0.5, 0.6) is 0 Å². The number of halogens is 1. The summed E-state index contributed by atoms with van der Waals surface area (Å²) in [5.74, 6) is 0.524. The first-order chi connectivity index (χ1) is 9.65. The molecule has 1 aromatic rings. The fourth-order valence-electron chi connectivity index (χ4n) is 2.29. The molecule has 1 aliphatic heterocycles. The molecule has 0 aromatic heterocycles. The molecule has 0 saturated carbocycles. The molecule has 0 unspecified atom stereocenters. The van der Waals surface area contributed by atoms with Gasteiger partial charge in [-0.15, -0.1) is 0 Å². The van der Waals surface area contributed by atoms with E-state index in [-0.39, 0.29) is 12.1 Å². The first-order valence-electron chi connectivity index (χ1n) is 7.02. The van der Waals surface area contributed by atoms with Gasteiger partial charge in [0.1, 0.15) is 0 Å². The first-order valence-corrected chi connectivity index (χ1v) is 7.40. The molecule has 2 N–H and O–H groups in total. The molecule has 1 saturated heterocycles. The summed E-state index contributed by atoms with van der Waals surface area (Å²) in [4.78, 5) is 11.9. The Kier molecular flexibility index (Phi) is 5.68. The molecule has 5 heteroatoms. The van der Waals surface area contributed by atoms with Gasteiger partial charge >= 0.3 is 6.03 Å². The number of carbonyl (C=O) groups excluding carboxylic acids is 1. The highest BCUT2D eigenvalue weighted by atomic mass is 35.5. The summed E-state index contributed by atoms with van der Waals surface area (Å²) in [6, 6.07) is 7.33. The molecule has 4 nitrogen and oxygen atoms in total. The number of hydrogen-bond acceptors (Lipinski definition) is 2. The molecule has 1 atom stereocenters. The zero-order valence-electron chi connectivity index (χ0n) is 11.7. The van der Waals surface area contributed by atoms with Crippen molar-refractivity contribution in [1.29, 1.82) is 0 Å². The average molecular weight is 297 g/mol. The van der Waals surface area contributed by atoms with Crippen LogP contribution in [-0.4, -0.2) is 25.8 Å². The highest BCUT2D eigenvalue weighted by Crippen LogP contribution is 2.17. The minimum absolute atomic E-state index is 0.0663. The van der Waals surface area contributed by atoms with E-state index in [1.54, 1.807) is 0 Å². The fraction of sp³-hybridized carbons (Fsp3) is 0.533. The standard InChI is InChI=1S/C15H21ClN2O2/c1-11(13-3-2-4-14(16)9-13)18-15(19)17-10-12-5-7-20-8-6-12/h2-4,9,11-12H,5-8,10H2,1H3,(H2,17,18,19)/t11-/m1/s1. The van der Waals surface area contributed by atoms with Crippen LogP contribution >= 0.6 is 11.6 Å². The second-order valence-electron chi connectivity index (χ2n) is 5.19. The minimum atomic E-state index is -0.135. The summed E-state index contributed by atoms with van der Waals surface area (Å²) >= 11 is 5.95. The lowest BCUT2D eigenvalue weighted by molar-refractivity contribution is 0.0669. The second kappa shape index (κ2) is 7.50. The maximum absolute atomic E-state index is 11.9. The number of ether oxygens (including phenoxy) is 1. The molecule has 0 bridgehead atoms. The van der Waals surface area contributed by atoms with Crippen LogP contribution in [0, 0.1) is 5.92 Å². The van der Waals surface area contributed by atoms with Gasteiger partial charge in [0, 0.05) is 24.8 Å². The van der Waals surface area contributed by atoms with E-state index in [2.05, 4.69) is 10.6 Å². The van der Waals surface area contributed by atoms with Gasteiger partial charge in [0.25, 0.3) is 0 Å². The van der Waals surface area contributed by atoms with Gasteiger partial charge in [-0.05, 0) is 43.4 Å². The second-order valence-corrected chi connectivity index (χ2v) is 5.62. The molecule has 2 rings (SSSR count). The first kappa shape index (κ1) is 15.1. The maximum Gasteiger partial charge on any atom is 0.315 e. The summed E-state index contributed by atoms with van der Waals surface area (Å²) in [6.07, 6.45) is 2.04. The molecule has 1 heterocycles. The topological polar surface area (TPSA) is 50.4 Å². The SMILES string of the molecule is C[C@@H](NC(=O)NCC1CCOCC1)c1cccc(Cl)c1. The molecule has 0 radical (unpaired) electrons. The summed E-state index contributed by atoms with van der Waals surface area (Å²) in [6.45, 7) is 4.25. The van der Waals surface area contributed by atoms with Crippen molar-refractivity contribution < 1.29 is 9.53 Å². The quantitative estimate of drug-likeness (QED) is 0.897. The van der Waals surface area contributed by atoms with Gasteiger partial charge in [-0.1, -0.05) is 23.7 Å². The van der Waals surface area contributed by atoms with E-state index >= 15 is 0 Å². The Balaban J connectivity index is 1.76. The zero-order valence-corrected chi connectivity index (χ0v) is 12.5. The van der Waals surface area contributed by atoms with E-state index in [1.807, 2.05) is 31.2 Å². The molecule has 2 amide bonds. The average Bonchev–Trinajstić information content (AvgIpc) is 2.46. The van der Waals surface area contributed by atoms with Gasteiger partial charge in [0.05, 0.1) is 6.04 Å². The van der Waals surface area contributed by atoms with Crippen LogP contribution in [0.4, 0.5) is 4.79 Å². The van der Waals surface area contributed by atoms with Crippen LogP contribution in [0.2, 0.25) is 5.02 Å². The van der Waals surface area contributed by atoms with Crippen LogP contribution in [0.1, 0.15) is 31.4 Å². The third-order valence-electron chi connectivity index (χ3n) is 3.59. The predicted octanol–water partition coefficient (Wildman–Crippen LogP) is 3.13. The number of benzene rings is 1. The predicted molar refractivity (Wildman–Crippen MR) is 79.9 cm³/mol. The van der Waals surface area contributed by atoms with Crippen molar-refractivity contribution in [3.05, 3.63) is 34.9 Å². The lowest BCUT2D eigenvalue weighted by Gasteiger charge is -2.23. The van der Waals surface area contributed by atoms with Crippen LogP contribution in [-0.2, 0) is 4.74 Å². The maximum atomic E-state index is 11.9. The van der Waals surface area contributed by atoms with Crippen LogP contribution in [0.25, 0.3) is 0 Å². The summed E-state index contributed by atoms with van der Waals surface area (Å²) in [7, 11) is 0. The smallest absolute Gasteiger partial charge is 0.315 e. The molecule has 1 aromatic carbocycles. The third-order valence-corrected chi connectivity index (χ3v) is 3.82. The molecular formula is C15H21ClN2O2. The van der Waals surface area contributed by atoms with Gasteiger partial charge in [0.15, 0.2) is 0 Å². The Morgan fingerprint density at radius 2 is 2.20 bits per heavy atom. The summed E-state index contributed by atoms with van der Waals surface area (Å²) < 4.78 is 5.30. The highest BCUT2D eigenvalue weighted by Gasteiger charge is 2.15. The molecule has 110 valence electrons. The normalized spacial score (nSPS) is 17.5. The number of nitrogens with one attached hydrogen (secondary N) is 2. The van der Waals surface area contributed by atoms with Crippen LogP contribution in [0.3, 0.4) is 0 Å². The van der Waals surface area contributed by atoms with Crippen molar-refractivity contribution in [2.45, 2.75) is 25.8 Å². The van der Waals surface area contributed by atoms with Crippen molar-refractivity contribution in [3.63, 3.8) is 0 Å². The third kappa shape index (κ3) is 4.69. The largest absolute Gasteiger partial charge is 0.381 e. The van der Waals surface area contributed by atoms with E-state index < -0.39 is 0 Å². The van der Waals surface area contributed by atoms with Gasteiger partial charge in [-0.2, -0.15) is 0 Å². The van der Waals surface area contributed by atoms with Crippen molar-refractivity contribution in [2.75, 3.05) is 19.8 Å². The minimum Gasteiger partial charge on any atom is -0.381 e. The summed E-state index contributed by atoms with van der Waals surface area (Å²) in [5.41, 5.74) is 0.999. The van der Waals surface area contributed by atoms with Crippen LogP contribution < -0.4 is 10.6 Å². The number of carbonyl (C=O) groups is 1. The molecule has 20 heavy (non-hydrogen) atoms. The molecule has 1 fully saturated rings. The van der Waals surface area contributed by atoms with E-state index in [9.17, 15) is 4.79 Å². The van der Waals surface area contributed by atoms with Gasteiger partial charge in [0.2, 0.25) is 0 Å². The summed E-state index contributed by atoms with van der Waals surface area (Å²) in [5, 5.41) is 6.53. The van der Waals surface area contributed by atoms with Gasteiger partial charge in [-0.25, -0.2) is 4.79 Å². The fourth-order valence-corrected chi connectivity index (χ4v) is 2.49. The Bertz CT molecular complexity index is 447. The molecule has 1 aliphatic rings. The zero-order chi connectivity index (χ0) is 14.4. The van der Waals surface area contributed by atoms with Crippen molar-refractivity contribution >= 4 is 17.6 Å². The number of rotatable bonds is 4. The molecular weight excluding hydrogens is 276 g/mol. The van der Waals surface area contributed by atoms with Crippen molar-refractivity contribution in [2.24, 2.45) is 5.92 Å². The van der Waals surface area contributed by atoms with Crippen molar-refractivity contribution in [3.8, 4) is 0 Å². The van der Waals surface area contributed by atoms with Crippen LogP contribution in [0.15, 0.2) is 24.3 Å². The lowest BCUT2D eigenvalue weighted by Crippen LogP contribution is -2.40. The number of urea groups is 1. The Labute approximate surface area is 124 Å². The van der Waals surface area contributed by atoms with Gasteiger partial charge < -0.3 is 15.4 Å². The van der Waals surface area contributed by atoms with E-state index in [0.717, 1.165) is 31.6 Å². The number of hydrogen-bond donors (Lipinski definition) is 2. The van der Waals surface area contributed by atoms with Crippen molar-refractivity contribution in [1.82, 2.24) is 10.6 Å². The molecule has 0 spiro atoms. The van der Waals surface area contributed by atoms with E-state index in [0.29, 0.717) is 17.5 Å². The van der Waals surface area contributed by atoms with E-state index in [1.165, 1.54) is 0 Å². The Morgan fingerprint density at radius 3 is 2.90 bits per heavy atom.